The third-order valence-corrected chi connectivity index (χ3v) is 3.66. The molecule has 0 amide bonds. The van der Waals surface area contributed by atoms with Gasteiger partial charge >= 0.3 is 0 Å². The minimum absolute atomic E-state index is 0.00773. The minimum Gasteiger partial charge on any atom is -0.304 e. The standard InChI is InChI=1S/C13H15NO/c1-8-13(15)11-4-2-3-9-5-6-10(7-14-8)12(9)11/h3,5-6,8,11,14H,2,4,7H2,1H3. The topological polar surface area (TPSA) is 29.1 Å². The van der Waals surface area contributed by atoms with Crippen molar-refractivity contribution < 1.29 is 4.79 Å². The number of hydrogen-bond acceptors (Lipinski definition) is 2. The summed E-state index contributed by atoms with van der Waals surface area (Å²) < 4.78 is 0. The van der Waals surface area contributed by atoms with E-state index in [1.54, 1.807) is 0 Å². The van der Waals surface area contributed by atoms with Gasteiger partial charge in [-0.25, -0.2) is 0 Å². The monoisotopic (exact) mass is 201 g/mol. The number of rotatable bonds is 0. The van der Waals surface area contributed by atoms with Crippen molar-refractivity contribution in [3.63, 3.8) is 0 Å². The van der Waals surface area contributed by atoms with E-state index in [0.29, 0.717) is 5.78 Å². The van der Waals surface area contributed by atoms with Crippen LogP contribution in [0, 0.1) is 5.92 Å². The maximum atomic E-state index is 12.1. The van der Waals surface area contributed by atoms with Crippen molar-refractivity contribution in [1.29, 1.82) is 0 Å². The van der Waals surface area contributed by atoms with Crippen LogP contribution < -0.4 is 5.32 Å². The first kappa shape index (κ1) is 9.10. The van der Waals surface area contributed by atoms with E-state index in [1.165, 1.54) is 16.7 Å². The van der Waals surface area contributed by atoms with Gasteiger partial charge in [0, 0.05) is 12.5 Å². The van der Waals surface area contributed by atoms with Crippen LogP contribution >= 0.6 is 0 Å². The lowest BCUT2D eigenvalue weighted by molar-refractivity contribution is -0.123. The summed E-state index contributed by atoms with van der Waals surface area (Å²) in [5, 5.41) is 3.29. The van der Waals surface area contributed by atoms with Gasteiger partial charge in [-0.15, -0.1) is 0 Å². The second-order valence-electron chi connectivity index (χ2n) is 4.57. The molecule has 2 aliphatic carbocycles. The molecule has 1 heterocycles. The van der Waals surface area contributed by atoms with E-state index in [1.807, 2.05) is 6.92 Å². The van der Waals surface area contributed by atoms with Crippen LogP contribution in [0.5, 0.6) is 0 Å². The van der Waals surface area contributed by atoms with Gasteiger partial charge in [0.05, 0.1) is 6.04 Å². The molecule has 0 saturated heterocycles. The fraction of sp³-hybridized carbons (Fsp3) is 0.462. The molecular formula is C13H15NO. The molecule has 1 N–H and O–H groups in total. The van der Waals surface area contributed by atoms with Crippen molar-refractivity contribution in [2.45, 2.75) is 25.8 Å². The first-order chi connectivity index (χ1) is 7.27. The van der Waals surface area contributed by atoms with Gasteiger partial charge in [0.1, 0.15) is 0 Å². The third kappa shape index (κ3) is 1.25. The van der Waals surface area contributed by atoms with Gasteiger partial charge < -0.3 is 5.32 Å². The fourth-order valence-corrected chi connectivity index (χ4v) is 2.81. The Morgan fingerprint density at radius 1 is 1.40 bits per heavy atom. The fourth-order valence-electron chi connectivity index (χ4n) is 2.81. The highest BCUT2D eigenvalue weighted by Gasteiger charge is 2.35. The molecule has 0 bridgehead atoms. The van der Waals surface area contributed by atoms with E-state index >= 15 is 0 Å². The van der Waals surface area contributed by atoms with Crippen molar-refractivity contribution in [3.8, 4) is 0 Å². The predicted molar refractivity (Wildman–Crippen MR) is 59.4 cm³/mol. The molecule has 2 heteroatoms. The summed E-state index contributed by atoms with van der Waals surface area (Å²) in [6.07, 6.45) is 8.62. The molecule has 2 unspecified atom stereocenters. The first-order valence-electron chi connectivity index (χ1n) is 5.66. The summed E-state index contributed by atoms with van der Waals surface area (Å²) in [7, 11) is 0. The van der Waals surface area contributed by atoms with Crippen LogP contribution in [0.1, 0.15) is 19.8 Å². The van der Waals surface area contributed by atoms with Gasteiger partial charge in [-0.2, -0.15) is 0 Å². The van der Waals surface area contributed by atoms with E-state index < -0.39 is 0 Å². The number of Topliss-reactive ketones (excluding diaryl/α,β-unsaturated/α-hetero) is 1. The number of ketones is 1. The Bertz CT molecular complexity index is 414. The van der Waals surface area contributed by atoms with Crippen LogP contribution in [0.25, 0.3) is 0 Å². The van der Waals surface area contributed by atoms with Crippen LogP contribution in [0.15, 0.2) is 34.9 Å². The molecule has 0 aromatic rings. The molecule has 2 nitrogen and oxygen atoms in total. The van der Waals surface area contributed by atoms with Crippen LogP contribution in [0.2, 0.25) is 0 Å². The molecule has 0 spiro atoms. The molecule has 15 heavy (non-hydrogen) atoms. The van der Waals surface area contributed by atoms with Crippen LogP contribution in [-0.2, 0) is 4.79 Å². The molecule has 0 fully saturated rings. The van der Waals surface area contributed by atoms with Gasteiger partial charge in [-0.1, -0.05) is 18.2 Å². The number of hydrogen-bond donors (Lipinski definition) is 1. The zero-order valence-corrected chi connectivity index (χ0v) is 8.92. The number of carbonyl (C=O) groups is 1. The quantitative estimate of drug-likeness (QED) is 0.647. The molecule has 0 radical (unpaired) electrons. The van der Waals surface area contributed by atoms with Crippen LogP contribution in [0.4, 0.5) is 0 Å². The normalized spacial score (nSPS) is 33.9. The molecule has 78 valence electrons. The second-order valence-corrected chi connectivity index (χ2v) is 4.57. The maximum absolute atomic E-state index is 12.1. The number of allylic oxidation sites excluding steroid dienone is 4. The zero-order valence-electron chi connectivity index (χ0n) is 8.92. The average Bonchev–Trinajstić information content (AvgIpc) is 2.62. The Labute approximate surface area is 89.7 Å². The van der Waals surface area contributed by atoms with E-state index in [4.69, 9.17) is 0 Å². The SMILES string of the molecule is CC1NCC2=C3C(=CCCC3C1=O)C=C2. The van der Waals surface area contributed by atoms with Gasteiger partial charge in [0.25, 0.3) is 0 Å². The van der Waals surface area contributed by atoms with Crippen molar-refractivity contribution in [3.05, 3.63) is 34.9 Å². The smallest absolute Gasteiger partial charge is 0.156 e. The average molecular weight is 201 g/mol. The Morgan fingerprint density at radius 2 is 2.27 bits per heavy atom. The lowest BCUT2D eigenvalue weighted by Crippen LogP contribution is -2.36. The van der Waals surface area contributed by atoms with Crippen LogP contribution in [-0.4, -0.2) is 18.4 Å². The van der Waals surface area contributed by atoms with E-state index in [9.17, 15) is 4.79 Å². The molecular weight excluding hydrogens is 186 g/mol. The highest BCUT2D eigenvalue weighted by molar-refractivity contribution is 5.91. The third-order valence-electron chi connectivity index (χ3n) is 3.66. The summed E-state index contributed by atoms with van der Waals surface area (Å²) in [5.41, 5.74) is 3.93. The molecule has 1 aliphatic heterocycles. The van der Waals surface area contributed by atoms with Gasteiger partial charge in [0.15, 0.2) is 5.78 Å². The number of nitrogens with one attached hydrogen (secondary N) is 1. The van der Waals surface area contributed by atoms with Crippen molar-refractivity contribution in [2.75, 3.05) is 6.54 Å². The van der Waals surface area contributed by atoms with Crippen LogP contribution in [0.3, 0.4) is 0 Å². The first-order valence-corrected chi connectivity index (χ1v) is 5.66. The van der Waals surface area contributed by atoms with E-state index in [-0.39, 0.29) is 12.0 Å². The lowest BCUT2D eigenvalue weighted by atomic mass is 9.80. The van der Waals surface area contributed by atoms with Gasteiger partial charge in [-0.3, -0.25) is 4.79 Å². The van der Waals surface area contributed by atoms with E-state index in [0.717, 1.165) is 19.4 Å². The zero-order chi connectivity index (χ0) is 10.4. The summed E-state index contributed by atoms with van der Waals surface area (Å²) >= 11 is 0. The summed E-state index contributed by atoms with van der Waals surface area (Å²) in [6.45, 7) is 2.82. The number of carbonyl (C=O) groups excluding carboxylic acids is 1. The van der Waals surface area contributed by atoms with Gasteiger partial charge in [0.2, 0.25) is 0 Å². The Balaban J connectivity index is 2.10. The van der Waals surface area contributed by atoms with Crippen molar-refractivity contribution in [1.82, 2.24) is 5.32 Å². The van der Waals surface area contributed by atoms with Crippen molar-refractivity contribution >= 4 is 5.78 Å². The minimum atomic E-state index is 0.00773. The van der Waals surface area contributed by atoms with Crippen molar-refractivity contribution in [2.24, 2.45) is 5.92 Å². The summed E-state index contributed by atoms with van der Waals surface area (Å²) in [6, 6.07) is 0.00773. The molecule has 0 aromatic heterocycles. The Kier molecular flexibility index (Phi) is 1.93. The second kappa shape index (κ2) is 3.17. The summed E-state index contributed by atoms with van der Waals surface area (Å²) in [4.78, 5) is 12.1. The highest BCUT2D eigenvalue weighted by Crippen LogP contribution is 2.39. The summed E-state index contributed by atoms with van der Waals surface area (Å²) in [5.74, 6) is 0.522. The molecule has 2 atom stereocenters. The Hall–Kier alpha value is -1.15. The predicted octanol–water partition coefficient (Wildman–Crippen LogP) is 1.75. The molecule has 0 saturated carbocycles. The largest absolute Gasteiger partial charge is 0.304 e. The Morgan fingerprint density at radius 3 is 3.13 bits per heavy atom. The molecule has 3 aliphatic rings. The lowest BCUT2D eigenvalue weighted by Gasteiger charge is -2.23. The maximum Gasteiger partial charge on any atom is 0.156 e. The molecule has 0 aromatic carbocycles. The highest BCUT2D eigenvalue weighted by atomic mass is 16.1. The van der Waals surface area contributed by atoms with Gasteiger partial charge in [-0.05, 0) is 36.5 Å². The van der Waals surface area contributed by atoms with E-state index in [2.05, 4.69) is 23.5 Å². The molecule has 3 rings (SSSR count).